The van der Waals surface area contributed by atoms with Crippen LogP contribution in [0.4, 0.5) is 0 Å². The molecule has 0 radical (unpaired) electrons. The van der Waals surface area contributed by atoms with Crippen molar-refractivity contribution in [2.24, 2.45) is 0 Å². The molecule has 2 amide bonds. The van der Waals surface area contributed by atoms with Gasteiger partial charge < -0.3 is 10.6 Å². The van der Waals surface area contributed by atoms with E-state index in [1.54, 1.807) is 18.2 Å². The van der Waals surface area contributed by atoms with Gasteiger partial charge in [0.25, 0.3) is 11.8 Å². The minimum atomic E-state index is -0.139. The summed E-state index contributed by atoms with van der Waals surface area (Å²) in [6, 6.07) is 28.2. The number of hydrogen-bond acceptors (Lipinski definition) is 4. The van der Waals surface area contributed by atoms with Crippen LogP contribution in [-0.4, -0.2) is 61.9 Å². The summed E-state index contributed by atoms with van der Waals surface area (Å²) in [4.78, 5) is 29.4. The highest BCUT2D eigenvalue weighted by Crippen LogP contribution is 2.29. The zero-order chi connectivity index (χ0) is 32.8. The number of carbonyl (C=O) groups excluding carboxylic acids is 2. The Labute approximate surface area is 282 Å². The number of fused-ring (bicyclic) bond motifs is 2. The SMILES string of the molecule is CN1CCc2ccccc2C1CNC(=O)c1ccc(Cl)c(Cl)c1.Cc1ccc(C(=O)NCC2c3ccccc3CCN2C)cc1C. The summed E-state index contributed by atoms with van der Waals surface area (Å²) in [5.41, 5.74) is 9.00. The predicted molar refractivity (Wildman–Crippen MR) is 188 cm³/mol. The zero-order valence-electron chi connectivity index (χ0n) is 26.9. The second-order valence-electron chi connectivity index (χ2n) is 12.2. The molecule has 0 spiro atoms. The first kappa shape index (κ1) is 33.7. The summed E-state index contributed by atoms with van der Waals surface area (Å²) in [7, 11) is 4.22. The molecule has 0 aromatic heterocycles. The van der Waals surface area contributed by atoms with Gasteiger partial charge in [0.2, 0.25) is 0 Å². The van der Waals surface area contributed by atoms with Gasteiger partial charge in [-0.1, -0.05) is 77.8 Å². The summed E-state index contributed by atoms with van der Waals surface area (Å²) in [6.07, 6.45) is 2.12. The number of carbonyl (C=O) groups is 2. The first-order chi connectivity index (χ1) is 22.1. The number of halogens is 2. The molecule has 2 unspecified atom stereocenters. The van der Waals surface area contributed by atoms with E-state index in [0.717, 1.165) is 37.1 Å². The van der Waals surface area contributed by atoms with Crippen molar-refractivity contribution in [1.82, 2.24) is 20.4 Å². The van der Waals surface area contributed by atoms with E-state index in [1.807, 2.05) is 31.2 Å². The van der Waals surface area contributed by atoms with Crippen LogP contribution in [0.15, 0.2) is 84.9 Å². The molecule has 2 aliphatic rings. The van der Waals surface area contributed by atoms with Crippen LogP contribution >= 0.6 is 23.2 Å². The lowest BCUT2D eigenvalue weighted by molar-refractivity contribution is 0.0928. The van der Waals surface area contributed by atoms with Crippen molar-refractivity contribution in [3.05, 3.63) is 139 Å². The Morgan fingerprint density at radius 1 is 0.652 bits per heavy atom. The Bertz CT molecular complexity index is 1580. The molecule has 6 rings (SSSR count). The summed E-state index contributed by atoms with van der Waals surface area (Å²) in [5.74, 6) is -0.135. The van der Waals surface area contributed by atoms with E-state index in [1.165, 1.54) is 27.8 Å². The normalized spacial score (nSPS) is 17.6. The molecule has 0 bridgehead atoms. The maximum atomic E-state index is 12.4. The largest absolute Gasteiger partial charge is 0.350 e. The average molecular weight is 658 g/mol. The van der Waals surface area contributed by atoms with E-state index < -0.39 is 0 Å². The number of nitrogens with zero attached hydrogens (tertiary/aromatic N) is 2. The van der Waals surface area contributed by atoms with Gasteiger partial charge in [-0.25, -0.2) is 0 Å². The van der Waals surface area contributed by atoms with E-state index in [9.17, 15) is 9.59 Å². The molecule has 4 aromatic rings. The number of nitrogens with one attached hydrogen (secondary N) is 2. The van der Waals surface area contributed by atoms with Crippen LogP contribution in [0.2, 0.25) is 10.0 Å². The Kier molecular flexibility index (Phi) is 11.2. The Morgan fingerprint density at radius 3 is 1.63 bits per heavy atom. The van der Waals surface area contributed by atoms with Crippen LogP contribution in [0.3, 0.4) is 0 Å². The van der Waals surface area contributed by atoms with Gasteiger partial charge in [0.05, 0.1) is 22.1 Å². The number of likely N-dealkylation sites (N-methyl/N-ethyl adjacent to an activating group) is 2. The first-order valence-corrected chi connectivity index (χ1v) is 16.5. The average Bonchev–Trinajstić information content (AvgIpc) is 3.06. The Balaban J connectivity index is 0.000000181. The summed E-state index contributed by atoms with van der Waals surface area (Å²) in [6.45, 7) is 7.32. The topological polar surface area (TPSA) is 64.7 Å². The van der Waals surface area contributed by atoms with E-state index in [-0.39, 0.29) is 23.9 Å². The molecular weight excluding hydrogens is 615 g/mol. The van der Waals surface area contributed by atoms with Crippen LogP contribution in [-0.2, 0) is 12.8 Å². The zero-order valence-corrected chi connectivity index (χ0v) is 28.5. The lowest BCUT2D eigenvalue weighted by Crippen LogP contribution is -2.40. The first-order valence-electron chi connectivity index (χ1n) is 15.8. The third-order valence-corrected chi connectivity index (χ3v) is 9.96. The van der Waals surface area contributed by atoms with Crippen molar-refractivity contribution in [3.63, 3.8) is 0 Å². The molecule has 4 aromatic carbocycles. The fraction of sp³-hybridized carbons (Fsp3) is 0.316. The van der Waals surface area contributed by atoms with Gasteiger partial charge in [-0.3, -0.25) is 19.4 Å². The highest BCUT2D eigenvalue weighted by atomic mass is 35.5. The van der Waals surface area contributed by atoms with E-state index in [2.05, 4.69) is 83.9 Å². The molecule has 2 heterocycles. The standard InChI is InChI=1S/C20H24N2O.C18H18Cl2N2O/c1-14-8-9-17(12-15(14)2)20(23)21-13-19-18-7-5-4-6-16(18)10-11-22(19)3;1-22-9-8-12-4-2-3-5-14(12)17(22)11-21-18(23)13-6-7-15(19)16(20)10-13/h4-9,12,19H,10-11,13H2,1-3H3,(H,21,23);2-7,10,17H,8-9,11H2,1H3,(H,21,23). The lowest BCUT2D eigenvalue weighted by atomic mass is 9.93. The fourth-order valence-corrected chi connectivity index (χ4v) is 6.49. The summed E-state index contributed by atoms with van der Waals surface area (Å²) in [5, 5.41) is 6.95. The molecule has 8 heteroatoms. The van der Waals surface area contributed by atoms with Gasteiger partial charge >= 0.3 is 0 Å². The molecule has 2 atom stereocenters. The van der Waals surface area contributed by atoms with Gasteiger partial charge in [-0.15, -0.1) is 0 Å². The van der Waals surface area contributed by atoms with Crippen LogP contribution in [0, 0.1) is 13.8 Å². The van der Waals surface area contributed by atoms with Gasteiger partial charge in [0.15, 0.2) is 0 Å². The fourth-order valence-electron chi connectivity index (χ4n) is 6.19. The molecular formula is C38H42Cl2N4O2. The minimum Gasteiger partial charge on any atom is -0.350 e. The molecule has 0 fully saturated rings. The number of hydrogen-bond donors (Lipinski definition) is 2. The smallest absolute Gasteiger partial charge is 0.251 e. The second kappa shape index (κ2) is 15.3. The number of amides is 2. The van der Waals surface area contributed by atoms with Crippen LogP contribution in [0.1, 0.15) is 66.2 Å². The molecule has 240 valence electrons. The Morgan fingerprint density at radius 2 is 1.13 bits per heavy atom. The van der Waals surface area contributed by atoms with E-state index in [4.69, 9.17) is 23.2 Å². The summed E-state index contributed by atoms with van der Waals surface area (Å²) >= 11 is 11.9. The van der Waals surface area contributed by atoms with Crippen molar-refractivity contribution < 1.29 is 9.59 Å². The van der Waals surface area contributed by atoms with Crippen LogP contribution < -0.4 is 10.6 Å². The maximum absolute atomic E-state index is 12.4. The highest BCUT2D eigenvalue weighted by Gasteiger charge is 2.26. The van der Waals surface area contributed by atoms with Crippen molar-refractivity contribution in [3.8, 4) is 0 Å². The predicted octanol–water partition coefficient (Wildman–Crippen LogP) is 7.21. The monoisotopic (exact) mass is 656 g/mol. The molecule has 0 saturated heterocycles. The highest BCUT2D eigenvalue weighted by molar-refractivity contribution is 6.42. The Hall–Kier alpha value is -3.68. The molecule has 6 nitrogen and oxygen atoms in total. The molecule has 0 saturated carbocycles. The van der Waals surface area contributed by atoms with E-state index in [0.29, 0.717) is 28.7 Å². The van der Waals surface area contributed by atoms with Gasteiger partial charge in [-0.05, 0) is 104 Å². The maximum Gasteiger partial charge on any atom is 0.251 e. The number of rotatable bonds is 6. The van der Waals surface area contributed by atoms with Crippen molar-refractivity contribution >= 4 is 35.0 Å². The third-order valence-electron chi connectivity index (χ3n) is 9.22. The molecule has 2 aliphatic heterocycles. The van der Waals surface area contributed by atoms with Crippen molar-refractivity contribution in [2.45, 2.75) is 38.8 Å². The van der Waals surface area contributed by atoms with Crippen molar-refractivity contribution in [2.75, 3.05) is 40.3 Å². The molecule has 2 N–H and O–H groups in total. The van der Waals surface area contributed by atoms with Crippen LogP contribution in [0.5, 0.6) is 0 Å². The summed E-state index contributed by atoms with van der Waals surface area (Å²) < 4.78 is 0. The number of benzene rings is 4. The van der Waals surface area contributed by atoms with Gasteiger partial charge in [0, 0.05) is 37.3 Å². The number of aryl methyl sites for hydroxylation is 2. The lowest BCUT2D eigenvalue weighted by Gasteiger charge is -2.34. The van der Waals surface area contributed by atoms with Gasteiger partial charge in [-0.2, -0.15) is 0 Å². The quantitative estimate of drug-likeness (QED) is 0.230. The van der Waals surface area contributed by atoms with Crippen LogP contribution in [0.25, 0.3) is 0 Å². The van der Waals surface area contributed by atoms with Gasteiger partial charge in [0.1, 0.15) is 0 Å². The minimum absolute atomic E-state index is 0.00422. The third kappa shape index (κ3) is 7.99. The van der Waals surface area contributed by atoms with E-state index >= 15 is 0 Å². The second-order valence-corrected chi connectivity index (χ2v) is 13.1. The van der Waals surface area contributed by atoms with Crippen molar-refractivity contribution in [1.29, 1.82) is 0 Å². The molecule has 46 heavy (non-hydrogen) atoms. The molecule has 0 aliphatic carbocycles.